The van der Waals surface area contributed by atoms with Gasteiger partial charge in [0.15, 0.2) is 12.4 Å². The second-order valence-electron chi connectivity index (χ2n) is 6.04. The molecule has 2 aromatic carbocycles. The first-order chi connectivity index (χ1) is 11.5. The van der Waals surface area contributed by atoms with Gasteiger partial charge in [0, 0.05) is 12.1 Å². The number of fused-ring (bicyclic) bond motifs is 1. The Labute approximate surface area is 139 Å². The first kappa shape index (κ1) is 16.2. The van der Waals surface area contributed by atoms with Crippen molar-refractivity contribution >= 4 is 17.4 Å². The van der Waals surface area contributed by atoms with Crippen LogP contribution < -0.4 is 10.1 Å². The minimum atomic E-state index is -0.368. The number of Topliss-reactive ketones (excluding diaryl/α,β-unsaturated/α-hetero) is 1. The lowest BCUT2D eigenvalue weighted by Gasteiger charge is -2.13. The van der Waals surface area contributed by atoms with Crippen molar-refractivity contribution in [3.05, 3.63) is 58.9 Å². The van der Waals surface area contributed by atoms with Gasteiger partial charge < -0.3 is 10.1 Å². The fraction of sp³-hybridized carbons (Fsp3) is 0.263. The van der Waals surface area contributed by atoms with Gasteiger partial charge in [-0.2, -0.15) is 0 Å². The highest BCUT2D eigenvalue weighted by atomic mass is 19.1. The van der Waals surface area contributed by atoms with E-state index in [1.165, 1.54) is 24.3 Å². The maximum atomic E-state index is 12.9. The molecule has 1 aliphatic rings. The number of anilines is 1. The van der Waals surface area contributed by atoms with Gasteiger partial charge in [-0.05, 0) is 54.3 Å². The summed E-state index contributed by atoms with van der Waals surface area (Å²) in [6, 6.07) is 9.12. The number of nitrogens with one attached hydrogen (secondary N) is 1. The topological polar surface area (TPSA) is 55.4 Å². The van der Waals surface area contributed by atoms with Crippen molar-refractivity contribution in [1.29, 1.82) is 0 Å². The van der Waals surface area contributed by atoms with Crippen molar-refractivity contribution in [2.45, 2.75) is 26.2 Å². The van der Waals surface area contributed by atoms with Crippen LogP contribution in [0.3, 0.4) is 0 Å². The zero-order valence-electron chi connectivity index (χ0n) is 13.6. The Bertz CT molecular complexity index is 799. The molecule has 1 aliphatic carbocycles. The molecular weight excluding hydrogens is 309 g/mol. The second-order valence-corrected chi connectivity index (χ2v) is 6.04. The van der Waals surface area contributed by atoms with Gasteiger partial charge in [0.2, 0.25) is 0 Å². The Hall–Kier alpha value is -2.69. The second kappa shape index (κ2) is 6.43. The Morgan fingerprint density at radius 1 is 1.25 bits per heavy atom. The highest BCUT2D eigenvalue weighted by Crippen LogP contribution is 2.40. The average Bonchev–Trinajstić information content (AvgIpc) is 2.85. The number of carbonyl (C=O) groups is 2. The van der Waals surface area contributed by atoms with E-state index >= 15 is 0 Å². The average molecular weight is 327 g/mol. The summed E-state index contributed by atoms with van der Waals surface area (Å²) >= 11 is 0. The molecule has 3 rings (SSSR count). The Balaban J connectivity index is 1.70. The van der Waals surface area contributed by atoms with Crippen molar-refractivity contribution in [3.8, 4) is 5.75 Å². The van der Waals surface area contributed by atoms with Gasteiger partial charge in [0.1, 0.15) is 11.6 Å². The quantitative estimate of drug-likeness (QED) is 0.928. The summed E-state index contributed by atoms with van der Waals surface area (Å²) in [7, 11) is 0. The summed E-state index contributed by atoms with van der Waals surface area (Å²) in [5.41, 5.74) is 3.16. The maximum absolute atomic E-state index is 12.9. The van der Waals surface area contributed by atoms with Crippen molar-refractivity contribution in [2.75, 3.05) is 11.9 Å². The normalized spacial score (nSPS) is 16.0. The van der Waals surface area contributed by atoms with Gasteiger partial charge in [-0.25, -0.2) is 4.39 Å². The fourth-order valence-electron chi connectivity index (χ4n) is 3.10. The van der Waals surface area contributed by atoms with Gasteiger partial charge in [0.25, 0.3) is 5.91 Å². The SMILES string of the molecule is Cc1ccc(OCC(=O)Nc2ccc(F)cc2)c2c1[C@H](C)CC2=O. The number of hydrogen-bond donors (Lipinski definition) is 1. The number of benzene rings is 2. The molecule has 0 aliphatic heterocycles. The van der Waals surface area contributed by atoms with E-state index in [0.29, 0.717) is 23.4 Å². The van der Waals surface area contributed by atoms with E-state index in [-0.39, 0.29) is 30.0 Å². The van der Waals surface area contributed by atoms with Crippen molar-refractivity contribution in [1.82, 2.24) is 0 Å². The van der Waals surface area contributed by atoms with Gasteiger partial charge in [0.05, 0.1) is 5.56 Å². The first-order valence-corrected chi connectivity index (χ1v) is 7.80. The lowest BCUT2D eigenvalue weighted by molar-refractivity contribution is -0.118. The fourth-order valence-corrected chi connectivity index (χ4v) is 3.10. The van der Waals surface area contributed by atoms with Crippen LogP contribution in [0.25, 0.3) is 0 Å². The van der Waals surface area contributed by atoms with E-state index in [2.05, 4.69) is 5.32 Å². The standard InChI is InChI=1S/C19H18FNO3/c1-11-3-8-16(19-15(22)9-12(2)18(11)19)24-10-17(23)21-14-6-4-13(20)5-7-14/h3-8,12H,9-10H2,1-2H3,(H,21,23)/t12-/m1/s1. The van der Waals surface area contributed by atoms with E-state index < -0.39 is 0 Å². The highest BCUT2D eigenvalue weighted by Gasteiger charge is 2.31. The summed E-state index contributed by atoms with van der Waals surface area (Å²) in [6.45, 7) is 3.77. The molecule has 0 radical (unpaired) electrons. The minimum absolute atomic E-state index is 0.0511. The van der Waals surface area contributed by atoms with Crippen LogP contribution in [0.2, 0.25) is 0 Å². The van der Waals surface area contributed by atoms with E-state index in [9.17, 15) is 14.0 Å². The number of ketones is 1. The lowest BCUT2D eigenvalue weighted by atomic mass is 9.97. The summed E-state index contributed by atoms with van der Waals surface area (Å²) in [5.74, 6) is -0.0695. The third-order valence-electron chi connectivity index (χ3n) is 4.18. The van der Waals surface area contributed by atoms with Gasteiger partial charge in [-0.1, -0.05) is 13.0 Å². The zero-order chi connectivity index (χ0) is 17.3. The highest BCUT2D eigenvalue weighted by molar-refractivity contribution is 6.04. The van der Waals surface area contributed by atoms with Crippen LogP contribution in [0, 0.1) is 12.7 Å². The van der Waals surface area contributed by atoms with Crippen molar-refractivity contribution < 1.29 is 18.7 Å². The summed E-state index contributed by atoms with van der Waals surface area (Å²) < 4.78 is 18.4. The van der Waals surface area contributed by atoms with Crippen LogP contribution in [-0.2, 0) is 4.79 Å². The zero-order valence-corrected chi connectivity index (χ0v) is 13.6. The van der Waals surface area contributed by atoms with Gasteiger partial charge in [-0.15, -0.1) is 0 Å². The molecule has 1 amide bonds. The Morgan fingerprint density at radius 2 is 1.96 bits per heavy atom. The molecular formula is C19H18FNO3. The van der Waals surface area contributed by atoms with Crippen LogP contribution in [0.4, 0.5) is 10.1 Å². The monoisotopic (exact) mass is 327 g/mol. The number of halogens is 1. The molecule has 2 aromatic rings. The Morgan fingerprint density at radius 3 is 2.67 bits per heavy atom. The molecule has 124 valence electrons. The molecule has 0 saturated heterocycles. The predicted molar refractivity (Wildman–Crippen MR) is 89.1 cm³/mol. The molecule has 4 nitrogen and oxygen atoms in total. The number of aryl methyl sites for hydroxylation is 1. The molecule has 0 bridgehead atoms. The van der Waals surface area contributed by atoms with Crippen molar-refractivity contribution in [3.63, 3.8) is 0 Å². The third kappa shape index (κ3) is 3.15. The number of amides is 1. The summed E-state index contributed by atoms with van der Waals surface area (Å²) in [6.07, 6.45) is 0.471. The van der Waals surface area contributed by atoms with Crippen LogP contribution in [0.1, 0.15) is 40.7 Å². The van der Waals surface area contributed by atoms with Gasteiger partial charge >= 0.3 is 0 Å². The van der Waals surface area contributed by atoms with E-state index in [1.807, 2.05) is 19.9 Å². The largest absolute Gasteiger partial charge is 0.483 e. The molecule has 0 saturated carbocycles. The molecule has 0 aromatic heterocycles. The minimum Gasteiger partial charge on any atom is -0.483 e. The maximum Gasteiger partial charge on any atom is 0.262 e. The molecule has 0 fully saturated rings. The van der Waals surface area contributed by atoms with E-state index in [0.717, 1.165) is 11.1 Å². The molecule has 0 spiro atoms. The number of carbonyl (C=O) groups excluding carboxylic acids is 2. The van der Waals surface area contributed by atoms with E-state index in [4.69, 9.17) is 4.74 Å². The van der Waals surface area contributed by atoms with Crippen LogP contribution >= 0.6 is 0 Å². The molecule has 1 atom stereocenters. The summed E-state index contributed by atoms with van der Waals surface area (Å²) in [5, 5.41) is 2.62. The number of rotatable bonds is 4. The van der Waals surface area contributed by atoms with Crippen molar-refractivity contribution in [2.24, 2.45) is 0 Å². The Kier molecular flexibility index (Phi) is 4.34. The first-order valence-electron chi connectivity index (χ1n) is 7.80. The van der Waals surface area contributed by atoms with Crippen LogP contribution in [-0.4, -0.2) is 18.3 Å². The lowest BCUT2D eigenvalue weighted by Crippen LogP contribution is -2.20. The summed E-state index contributed by atoms with van der Waals surface area (Å²) in [4.78, 5) is 24.2. The van der Waals surface area contributed by atoms with Crippen LogP contribution in [0.5, 0.6) is 5.75 Å². The number of hydrogen-bond acceptors (Lipinski definition) is 3. The smallest absolute Gasteiger partial charge is 0.262 e. The van der Waals surface area contributed by atoms with Gasteiger partial charge in [-0.3, -0.25) is 9.59 Å². The van der Waals surface area contributed by atoms with E-state index in [1.54, 1.807) is 6.07 Å². The molecule has 1 N–H and O–H groups in total. The molecule has 5 heteroatoms. The third-order valence-corrected chi connectivity index (χ3v) is 4.18. The van der Waals surface area contributed by atoms with Crippen LogP contribution in [0.15, 0.2) is 36.4 Å². The number of ether oxygens (including phenoxy) is 1. The molecule has 0 heterocycles. The predicted octanol–water partition coefficient (Wildman–Crippen LogP) is 3.84. The molecule has 24 heavy (non-hydrogen) atoms. The molecule has 0 unspecified atom stereocenters.